The standard InChI is InChI=1S/C32H12BF24.C15H11N2O3/c34-25(35,36)13-1-14(26(37,38)39)6-21(5-13)33(22-7-15(27(40,41)42)2-16(8-22)28(43,44)45,23-9-17(29(46,47)48)3-18(10-23)30(49,50)51)24-11-19(31(52,53)54)4-20(12-24)32(55,56)57;18-17(19)13-7-3-8-14(11-13)20-16-10-4-6-12-5-1-2-9-15(12)16/h1-12H;1-11H/q-1;+1. The Kier molecular flexibility index (Phi) is 15.2. The molecule has 0 atom stereocenters. The van der Waals surface area contributed by atoms with Crippen LogP contribution >= 0.6 is 0 Å². The van der Waals surface area contributed by atoms with E-state index in [0.717, 1.165) is 10.9 Å². The highest BCUT2D eigenvalue weighted by Gasteiger charge is 2.47. The molecular formula is C47H23BF24N2O3. The van der Waals surface area contributed by atoms with Crippen LogP contribution in [0.1, 0.15) is 44.5 Å². The number of alkyl halides is 24. The molecular weight excluding hydrogens is 1110 g/mol. The lowest BCUT2D eigenvalue weighted by molar-refractivity contribution is -0.854. The van der Waals surface area contributed by atoms with Crippen LogP contribution in [0.5, 0.6) is 5.75 Å². The van der Waals surface area contributed by atoms with Crippen LogP contribution in [0.2, 0.25) is 0 Å². The largest absolute Gasteiger partial charge is 0.416 e. The summed E-state index contributed by atoms with van der Waals surface area (Å²) in [6.45, 7) is 0. The van der Waals surface area contributed by atoms with Gasteiger partial charge in [-0.25, -0.2) is 4.84 Å². The van der Waals surface area contributed by atoms with Crippen molar-refractivity contribution in [3.8, 4) is 5.75 Å². The Bertz CT molecular complexity index is 2890. The zero-order valence-electron chi connectivity index (χ0n) is 37.0. The molecule has 0 bridgehead atoms. The number of halogens is 24. The zero-order valence-corrected chi connectivity index (χ0v) is 37.0. The fraction of sp³-hybridized carbons (Fsp3) is 0.170. The highest BCUT2D eigenvalue weighted by Crippen LogP contribution is 2.41. The number of para-hydroxylation sites is 1. The average Bonchev–Trinajstić information content (AvgIpc) is 3.30. The highest BCUT2D eigenvalue weighted by atomic mass is 19.4. The Hall–Kier alpha value is -7.69. The van der Waals surface area contributed by atoms with Crippen molar-refractivity contribution in [2.45, 2.75) is 49.4 Å². The van der Waals surface area contributed by atoms with Crippen molar-refractivity contribution < 1.29 is 120 Å². The van der Waals surface area contributed by atoms with E-state index in [9.17, 15) is 115 Å². The number of benzene rings is 6. The van der Waals surface area contributed by atoms with Crippen molar-refractivity contribution in [3.05, 3.63) is 194 Å². The van der Waals surface area contributed by atoms with Gasteiger partial charge in [-0.15, -0.1) is 0 Å². The van der Waals surface area contributed by atoms with E-state index in [1.807, 2.05) is 36.4 Å². The molecule has 0 amide bonds. The summed E-state index contributed by atoms with van der Waals surface area (Å²) in [6.07, 6.45) is -53.0. The molecule has 1 heterocycles. The van der Waals surface area contributed by atoms with Gasteiger partial charge in [0.15, 0.2) is 0 Å². The third kappa shape index (κ3) is 13.1. The first-order valence-corrected chi connectivity index (χ1v) is 20.7. The SMILES string of the molecule is FC(F)(F)c1cc([B-](c2cc(C(F)(F)F)cc(C(F)(F)F)c2)(c2cc(C(F)(F)F)cc(C(F)(F)F)c2)c2cc(C(F)(F)F)cc(C(F)(F)F)c2)cc(C(F)(F)F)c1.O=[N+]([O-])c1cccc(O[n+]2cccc3ccccc32)c1. The maximum atomic E-state index is 14.2. The number of non-ortho nitro benzene ring substituents is 1. The summed E-state index contributed by atoms with van der Waals surface area (Å²) in [7, 11) is 0. The highest BCUT2D eigenvalue weighted by molar-refractivity contribution is 7.20. The predicted octanol–water partition coefficient (Wildman–Crippen LogP) is 14.1. The summed E-state index contributed by atoms with van der Waals surface area (Å²) in [5.41, 5.74) is -29.3. The van der Waals surface area contributed by atoms with E-state index in [4.69, 9.17) is 4.84 Å². The fourth-order valence-corrected chi connectivity index (χ4v) is 8.05. The number of nitrogens with zero attached hydrogens (tertiary/aromatic N) is 2. The second-order valence-corrected chi connectivity index (χ2v) is 16.5. The molecule has 0 aliphatic heterocycles. The molecule has 7 aromatic rings. The number of hydrogen-bond acceptors (Lipinski definition) is 3. The Morgan fingerprint density at radius 2 is 0.649 bits per heavy atom. The molecule has 7 rings (SSSR count). The molecule has 0 fully saturated rings. The maximum Gasteiger partial charge on any atom is 0.416 e. The average molecular weight is 1130 g/mol. The number of nitro groups is 1. The van der Waals surface area contributed by atoms with E-state index in [1.165, 1.54) is 12.1 Å². The number of aromatic nitrogens is 1. The quantitative estimate of drug-likeness (QED) is 0.0525. The molecule has 0 radical (unpaired) electrons. The van der Waals surface area contributed by atoms with Crippen LogP contribution < -0.4 is 31.4 Å². The number of rotatable bonds is 7. The van der Waals surface area contributed by atoms with Gasteiger partial charge in [0.1, 0.15) is 6.15 Å². The molecule has 30 heteroatoms. The topological polar surface area (TPSA) is 56.3 Å². The second-order valence-electron chi connectivity index (χ2n) is 16.5. The molecule has 410 valence electrons. The van der Waals surface area contributed by atoms with Gasteiger partial charge in [0, 0.05) is 22.9 Å². The van der Waals surface area contributed by atoms with Gasteiger partial charge in [-0.05, 0) is 42.5 Å². The first-order valence-electron chi connectivity index (χ1n) is 20.7. The molecule has 0 N–H and O–H groups in total. The third-order valence-electron chi connectivity index (χ3n) is 11.3. The smallest absolute Gasteiger partial charge is 0.258 e. The van der Waals surface area contributed by atoms with Crippen LogP contribution in [0.3, 0.4) is 0 Å². The van der Waals surface area contributed by atoms with Crippen LogP contribution in [-0.4, -0.2) is 11.1 Å². The lowest BCUT2D eigenvalue weighted by Crippen LogP contribution is -2.75. The van der Waals surface area contributed by atoms with E-state index in [1.54, 1.807) is 23.1 Å². The van der Waals surface area contributed by atoms with Gasteiger partial charge in [0.2, 0.25) is 11.9 Å². The number of hydrogen-bond donors (Lipinski definition) is 0. The monoisotopic (exact) mass is 1130 g/mol. The van der Waals surface area contributed by atoms with Crippen LogP contribution in [0.15, 0.2) is 140 Å². The minimum Gasteiger partial charge on any atom is -0.258 e. The Balaban J connectivity index is 0.000000397. The van der Waals surface area contributed by atoms with Crippen LogP contribution in [0.4, 0.5) is 111 Å². The lowest BCUT2D eigenvalue weighted by Gasteiger charge is -2.46. The van der Waals surface area contributed by atoms with Crippen LogP contribution in [-0.2, 0) is 49.4 Å². The van der Waals surface area contributed by atoms with Crippen LogP contribution in [0.25, 0.3) is 10.9 Å². The summed E-state index contributed by atoms with van der Waals surface area (Å²) in [6, 6.07) is 8.89. The first kappa shape index (κ1) is 58.6. The summed E-state index contributed by atoms with van der Waals surface area (Å²) in [5.74, 6) is 0.417. The van der Waals surface area contributed by atoms with Gasteiger partial charge in [-0.1, -0.05) is 66.7 Å². The van der Waals surface area contributed by atoms with Crippen LogP contribution in [0, 0.1) is 10.1 Å². The first-order chi connectivity index (χ1) is 35.0. The maximum absolute atomic E-state index is 14.2. The van der Waals surface area contributed by atoms with Gasteiger partial charge in [-0.2, -0.15) is 127 Å². The normalized spacial score (nSPS) is 13.3. The van der Waals surface area contributed by atoms with Gasteiger partial charge < -0.3 is 0 Å². The molecule has 0 spiro atoms. The summed E-state index contributed by atoms with van der Waals surface area (Å²) in [5, 5.41) is 11.8. The van der Waals surface area contributed by atoms with Gasteiger partial charge >= 0.3 is 49.4 Å². The Labute approximate surface area is 413 Å². The van der Waals surface area contributed by atoms with Crippen molar-refractivity contribution in [2.24, 2.45) is 0 Å². The molecule has 6 aromatic carbocycles. The van der Waals surface area contributed by atoms with Crippen molar-refractivity contribution in [1.29, 1.82) is 0 Å². The van der Waals surface area contributed by atoms with E-state index in [0.29, 0.717) is 5.75 Å². The summed E-state index contributed by atoms with van der Waals surface area (Å²) < 4.78 is 342. The molecule has 5 nitrogen and oxygen atoms in total. The van der Waals surface area contributed by atoms with E-state index in [-0.39, 0.29) is 5.69 Å². The van der Waals surface area contributed by atoms with Gasteiger partial charge in [0.25, 0.3) is 11.2 Å². The van der Waals surface area contributed by atoms with E-state index in [2.05, 4.69) is 0 Å². The Morgan fingerprint density at radius 1 is 0.364 bits per heavy atom. The molecule has 0 unspecified atom stereocenters. The molecule has 0 saturated heterocycles. The minimum absolute atomic E-state index is 0.00309. The molecule has 77 heavy (non-hydrogen) atoms. The number of pyridine rings is 1. The molecule has 0 aliphatic rings. The van der Waals surface area contributed by atoms with E-state index < -0.39 is 200 Å². The zero-order chi connectivity index (χ0) is 57.9. The van der Waals surface area contributed by atoms with Crippen molar-refractivity contribution in [1.82, 2.24) is 0 Å². The lowest BCUT2D eigenvalue weighted by atomic mass is 9.12. The van der Waals surface area contributed by atoms with Crippen molar-refractivity contribution in [2.75, 3.05) is 0 Å². The second kappa shape index (κ2) is 20.0. The summed E-state index contributed by atoms with van der Waals surface area (Å²) >= 11 is 0. The van der Waals surface area contributed by atoms with Crippen molar-refractivity contribution >= 4 is 44.6 Å². The predicted molar refractivity (Wildman–Crippen MR) is 223 cm³/mol. The summed E-state index contributed by atoms with van der Waals surface area (Å²) in [4.78, 5) is 16.0. The number of fused-ring (bicyclic) bond motifs is 1. The van der Waals surface area contributed by atoms with Gasteiger partial charge in [0.05, 0.1) is 60.9 Å². The minimum atomic E-state index is -6.13. The molecule has 1 aromatic heterocycles. The van der Waals surface area contributed by atoms with E-state index >= 15 is 0 Å². The number of nitro benzene ring substituents is 1. The van der Waals surface area contributed by atoms with Crippen molar-refractivity contribution in [3.63, 3.8) is 0 Å². The molecule has 0 saturated carbocycles. The van der Waals surface area contributed by atoms with Gasteiger partial charge in [-0.3, -0.25) is 10.1 Å². The Morgan fingerprint density at radius 3 is 0.935 bits per heavy atom. The fourth-order valence-electron chi connectivity index (χ4n) is 8.05. The molecule has 0 aliphatic carbocycles. The third-order valence-corrected chi connectivity index (χ3v) is 11.3.